The van der Waals surface area contributed by atoms with Gasteiger partial charge in [0.1, 0.15) is 18.1 Å². The van der Waals surface area contributed by atoms with Crippen molar-refractivity contribution in [3.8, 4) is 11.8 Å². The number of hydrogen-bond acceptors (Lipinski definition) is 3. The highest BCUT2D eigenvalue weighted by Crippen LogP contribution is 2.20. The maximum atomic E-state index is 8.65. The molecule has 0 amide bonds. The Labute approximate surface area is 123 Å². The summed E-state index contributed by atoms with van der Waals surface area (Å²) in [6, 6.07) is 17.8. The van der Waals surface area contributed by atoms with Crippen LogP contribution in [0.4, 0.5) is 0 Å². The number of ether oxygens (including phenoxy) is 1. The zero-order valence-corrected chi connectivity index (χ0v) is 11.8. The third kappa shape index (κ3) is 2.72. The van der Waals surface area contributed by atoms with Crippen LogP contribution in [0.3, 0.4) is 0 Å². The monoisotopic (exact) mass is 277 g/mol. The number of aromatic nitrogens is 2. The molecule has 0 N–H and O–H groups in total. The van der Waals surface area contributed by atoms with Crippen molar-refractivity contribution in [1.29, 1.82) is 5.26 Å². The van der Waals surface area contributed by atoms with E-state index in [1.165, 1.54) is 0 Å². The molecular formula is C17H15N3O. The van der Waals surface area contributed by atoms with Gasteiger partial charge in [0.05, 0.1) is 18.0 Å². The Kier molecular flexibility index (Phi) is 3.57. The molecule has 0 unspecified atom stereocenters. The van der Waals surface area contributed by atoms with E-state index < -0.39 is 0 Å². The Balaban J connectivity index is 1.76. The second-order valence-corrected chi connectivity index (χ2v) is 4.85. The van der Waals surface area contributed by atoms with Crippen LogP contribution in [0.25, 0.3) is 10.9 Å². The van der Waals surface area contributed by atoms with Crippen LogP contribution in [-0.4, -0.2) is 9.78 Å². The summed E-state index contributed by atoms with van der Waals surface area (Å²) in [7, 11) is 1.93. The molecule has 0 aliphatic heterocycles. The number of nitriles is 1. The zero-order chi connectivity index (χ0) is 14.7. The van der Waals surface area contributed by atoms with Gasteiger partial charge in [-0.2, -0.15) is 10.4 Å². The molecule has 4 heteroatoms. The van der Waals surface area contributed by atoms with E-state index in [-0.39, 0.29) is 0 Å². The summed E-state index contributed by atoms with van der Waals surface area (Å²) in [5.41, 5.74) is 3.02. The lowest BCUT2D eigenvalue weighted by atomic mass is 10.2. The van der Waals surface area contributed by atoms with Gasteiger partial charge in [-0.05, 0) is 23.8 Å². The summed E-state index contributed by atoms with van der Waals surface area (Å²) in [6.07, 6.45) is 0.422. The third-order valence-corrected chi connectivity index (χ3v) is 3.42. The summed E-state index contributed by atoms with van der Waals surface area (Å²) in [4.78, 5) is 0. The molecule has 21 heavy (non-hydrogen) atoms. The molecule has 1 heterocycles. The average molecular weight is 277 g/mol. The number of benzene rings is 2. The van der Waals surface area contributed by atoms with E-state index in [1.54, 1.807) is 0 Å². The van der Waals surface area contributed by atoms with Crippen molar-refractivity contribution in [2.24, 2.45) is 7.05 Å². The van der Waals surface area contributed by atoms with Crippen LogP contribution in [0.5, 0.6) is 5.75 Å². The fraction of sp³-hybridized carbons (Fsp3) is 0.176. The Morgan fingerprint density at radius 2 is 1.90 bits per heavy atom. The first-order valence-electron chi connectivity index (χ1n) is 6.77. The van der Waals surface area contributed by atoms with Gasteiger partial charge in [0.2, 0.25) is 0 Å². The number of hydrogen-bond donors (Lipinski definition) is 0. The molecule has 1 aromatic heterocycles. The van der Waals surface area contributed by atoms with Gasteiger partial charge in [-0.25, -0.2) is 0 Å². The van der Waals surface area contributed by atoms with Crippen LogP contribution >= 0.6 is 0 Å². The van der Waals surface area contributed by atoms with Gasteiger partial charge >= 0.3 is 0 Å². The number of fused-ring (bicyclic) bond motifs is 1. The van der Waals surface area contributed by atoms with E-state index in [9.17, 15) is 0 Å². The van der Waals surface area contributed by atoms with Gasteiger partial charge < -0.3 is 4.74 Å². The van der Waals surface area contributed by atoms with E-state index in [1.807, 2.05) is 54.2 Å². The molecule has 0 aliphatic rings. The maximum absolute atomic E-state index is 8.65. The molecule has 104 valence electrons. The summed E-state index contributed by atoms with van der Waals surface area (Å²) in [5, 5.41) is 14.3. The molecule has 0 aliphatic carbocycles. The molecule has 0 atom stereocenters. The first-order chi connectivity index (χ1) is 10.3. The van der Waals surface area contributed by atoms with Crippen molar-refractivity contribution in [2.45, 2.75) is 13.0 Å². The SMILES string of the molecule is Cn1nc(COc2ccc(CC#N)cc2)c2ccccc21. The van der Waals surface area contributed by atoms with Gasteiger partial charge in [0.15, 0.2) is 0 Å². The Bertz CT molecular complexity index is 797. The molecule has 0 fully saturated rings. The summed E-state index contributed by atoms with van der Waals surface area (Å²) < 4.78 is 7.65. The first-order valence-corrected chi connectivity index (χ1v) is 6.77. The van der Waals surface area contributed by atoms with Crippen molar-refractivity contribution in [3.05, 3.63) is 59.8 Å². The van der Waals surface area contributed by atoms with Crippen LogP contribution in [0.15, 0.2) is 48.5 Å². The van der Waals surface area contributed by atoms with Crippen molar-refractivity contribution in [3.63, 3.8) is 0 Å². The minimum Gasteiger partial charge on any atom is -0.487 e. The second-order valence-electron chi connectivity index (χ2n) is 4.85. The number of rotatable bonds is 4. The van der Waals surface area contributed by atoms with Crippen molar-refractivity contribution in [2.75, 3.05) is 0 Å². The normalized spacial score (nSPS) is 10.5. The molecule has 0 bridgehead atoms. The highest BCUT2D eigenvalue weighted by Gasteiger charge is 2.08. The van der Waals surface area contributed by atoms with Gasteiger partial charge in [-0.1, -0.05) is 30.3 Å². The summed E-state index contributed by atoms with van der Waals surface area (Å²) >= 11 is 0. The molecule has 0 radical (unpaired) electrons. The van der Waals surface area contributed by atoms with Crippen molar-refractivity contribution in [1.82, 2.24) is 9.78 Å². The van der Waals surface area contributed by atoms with Crippen LogP contribution in [0.2, 0.25) is 0 Å². The van der Waals surface area contributed by atoms with E-state index in [4.69, 9.17) is 10.00 Å². The van der Waals surface area contributed by atoms with Crippen molar-refractivity contribution < 1.29 is 4.74 Å². The maximum Gasteiger partial charge on any atom is 0.133 e. The van der Waals surface area contributed by atoms with Crippen LogP contribution in [0, 0.1) is 11.3 Å². The molecule has 3 rings (SSSR count). The lowest BCUT2D eigenvalue weighted by Crippen LogP contribution is -1.98. The van der Waals surface area contributed by atoms with E-state index in [0.29, 0.717) is 13.0 Å². The third-order valence-electron chi connectivity index (χ3n) is 3.42. The van der Waals surface area contributed by atoms with E-state index >= 15 is 0 Å². The topological polar surface area (TPSA) is 50.8 Å². The molecule has 0 spiro atoms. The Morgan fingerprint density at radius 3 is 2.67 bits per heavy atom. The van der Waals surface area contributed by atoms with Gasteiger partial charge in [0.25, 0.3) is 0 Å². The van der Waals surface area contributed by atoms with Crippen LogP contribution in [-0.2, 0) is 20.1 Å². The fourth-order valence-electron chi connectivity index (χ4n) is 2.34. The predicted molar refractivity (Wildman–Crippen MR) is 80.8 cm³/mol. The fourth-order valence-corrected chi connectivity index (χ4v) is 2.34. The molecule has 0 saturated heterocycles. The Hall–Kier alpha value is -2.80. The first kappa shape index (κ1) is 13.2. The summed E-state index contributed by atoms with van der Waals surface area (Å²) in [5.74, 6) is 0.784. The largest absolute Gasteiger partial charge is 0.487 e. The minimum absolute atomic E-state index is 0.422. The Morgan fingerprint density at radius 1 is 1.14 bits per heavy atom. The number of para-hydroxylation sites is 1. The molecule has 0 saturated carbocycles. The van der Waals surface area contributed by atoms with Crippen LogP contribution < -0.4 is 4.74 Å². The van der Waals surface area contributed by atoms with Crippen LogP contribution in [0.1, 0.15) is 11.3 Å². The molecular weight excluding hydrogens is 262 g/mol. The highest BCUT2D eigenvalue weighted by molar-refractivity contribution is 5.81. The smallest absolute Gasteiger partial charge is 0.133 e. The molecule has 3 aromatic rings. The lowest BCUT2D eigenvalue weighted by molar-refractivity contribution is 0.301. The minimum atomic E-state index is 0.422. The van der Waals surface area contributed by atoms with Gasteiger partial charge in [0, 0.05) is 12.4 Å². The molecule has 2 aromatic carbocycles. The average Bonchev–Trinajstić information content (AvgIpc) is 2.84. The highest BCUT2D eigenvalue weighted by atomic mass is 16.5. The van der Waals surface area contributed by atoms with E-state index in [2.05, 4.69) is 17.2 Å². The standard InChI is InChI=1S/C17H15N3O/c1-20-17-5-3-2-4-15(17)16(19-20)12-21-14-8-6-13(7-9-14)10-11-18/h2-9H,10,12H2,1H3. The quantitative estimate of drug-likeness (QED) is 0.735. The van der Waals surface area contributed by atoms with E-state index in [0.717, 1.165) is 27.9 Å². The lowest BCUT2D eigenvalue weighted by Gasteiger charge is -2.05. The number of nitrogens with zero attached hydrogens (tertiary/aromatic N) is 3. The molecule has 4 nitrogen and oxygen atoms in total. The van der Waals surface area contributed by atoms with Gasteiger partial charge in [-0.3, -0.25) is 4.68 Å². The summed E-state index contributed by atoms with van der Waals surface area (Å²) in [6.45, 7) is 0.430. The zero-order valence-electron chi connectivity index (χ0n) is 11.8. The number of aryl methyl sites for hydroxylation is 1. The second kappa shape index (κ2) is 5.68. The predicted octanol–water partition coefficient (Wildman–Crippen LogP) is 3.22. The van der Waals surface area contributed by atoms with Crippen molar-refractivity contribution >= 4 is 10.9 Å². The van der Waals surface area contributed by atoms with Gasteiger partial charge in [-0.15, -0.1) is 0 Å².